The van der Waals surface area contributed by atoms with Crippen LogP contribution in [-0.4, -0.2) is 29.8 Å². The number of phenolic OH excluding ortho intramolecular Hbond substituents is 2. The van der Waals surface area contributed by atoms with Crippen molar-refractivity contribution < 1.29 is 38.9 Å². The smallest absolute Gasteiger partial charge is 0.335 e. The molecule has 1 atom stereocenters. The third kappa shape index (κ3) is 49.2. The molecule has 0 saturated heterocycles. The van der Waals surface area contributed by atoms with Crippen LogP contribution in [0.4, 0.5) is 0 Å². The molecule has 1 unspecified atom stereocenters. The Morgan fingerprint density at radius 2 is 0.459 bits per heavy atom. The molecule has 0 aromatic heterocycles. The van der Waals surface area contributed by atoms with E-state index in [0.29, 0.717) is 19.3 Å². The lowest BCUT2D eigenvalue weighted by Gasteiger charge is -2.38. The van der Waals surface area contributed by atoms with Gasteiger partial charge in [0, 0.05) is 0 Å². The number of unbranched alkanes of at least 4 members (excludes halogenated alkanes) is 60. The zero-order valence-corrected chi connectivity index (χ0v) is 77.1. The Labute approximate surface area is 679 Å². The average Bonchev–Trinajstić information content (AvgIpc) is 0.753. The summed E-state index contributed by atoms with van der Waals surface area (Å²) in [4.78, 5) is 44.4. The van der Waals surface area contributed by atoms with Crippen molar-refractivity contribution in [3.05, 3.63) is 57.6 Å². The van der Waals surface area contributed by atoms with Crippen LogP contribution >= 0.6 is 15.2 Å². The van der Waals surface area contributed by atoms with Crippen molar-refractivity contribution in [2.24, 2.45) is 0 Å². The molecule has 0 aliphatic heterocycles. The Bertz CT molecular complexity index is 2470. The lowest BCUT2D eigenvalue weighted by atomic mass is 9.75. The highest BCUT2D eigenvalue weighted by molar-refractivity contribution is 7.53. The van der Waals surface area contributed by atoms with E-state index in [0.717, 1.165) is 110 Å². The van der Waals surface area contributed by atoms with Gasteiger partial charge in [-0.25, -0.2) is 0 Å². The molecule has 2 rings (SSSR count). The third-order valence-electron chi connectivity index (χ3n) is 24.8. The predicted molar refractivity (Wildman–Crippen MR) is 481 cm³/mol. The van der Waals surface area contributed by atoms with Crippen molar-refractivity contribution in [2.75, 3.05) is 0 Å². The van der Waals surface area contributed by atoms with Gasteiger partial charge in [0.2, 0.25) is 0 Å². The van der Waals surface area contributed by atoms with Crippen molar-refractivity contribution in [2.45, 2.75) is 560 Å². The van der Waals surface area contributed by atoms with E-state index in [1.807, 2.05) is 24.3 Å². The van der Waals surface area contributed by atoms with Gasteiger partial charge >= 0.3 is 15.2 Å². The summed E-state index contributed by atoms with van der Waals surface area (Å²) in [6.07, 6.45) is 85.0. The molecule has 0 saturated carbocycles. The summed E-state index contributed by atoms with van der Waals surface area (Å²) in [6.45, 7) is 29.6. The zero-order chi connectivity index (χ0) is 81.0. The SMILES string of the molecule is CCCCCCCCCCCCCCCCCCC(CCCCCCCCCCCCCCCCCC)(c1cc(C(C)(C)C)c(O)c(C(C)(C)C)c1)P(=O)(O)O.CCCCCCCCCCCCCCCCCCc1cc(O)c(C(C)(C)C)cc1C(C)(CCCCCCCCCCCCCCCCCC)P(=O)(O)O. The maximum atomic E-state index is 13.9. The van der Waals surface area contributed by atoms with E-state index in [1.165, 1.54) is 340 Å². The molecule has 0 heterocycles. The molecule has 0 spiro atoms. The van der Waals surface area contributed by atoms with Gasteiger partial charge in [0.15, 0.2) is 0 Å². The first-order chi connectivity index (χ1) is 52.0. The van der Waals surface area contributed by atoms with Crippen LogP contribution in [0.1, 0.15) is 561 Å². The van der Waals surface area contributed by atoms with E-state index in [9.17, 15) is 38.9 Å². The first-order valence-electron chi connectivity index (χ1n) is 47.9. The molecule has 0 radical (unpaired) electrons. The summed E-state index contributed by atoms with van der Waals surface area (Å²) in [5, 5.41) is 20.1. The lowest BCUT2D eigenvalue weighted by Crippen LogP contribution is -2.29. The average molecular weight is 1570 g/mol. The molecule has 109 heavy (non-hydrogen) atoms. The van der Waals surface area contributed by atoms with E-state index in [-0.39, 0.29) is 27.7 Å². The highest BCUT2D eigenvalue weighted by Gasteiger charge is 2.49. The fourth-order valence-electron chi connectivity index (χ4n) is 17.1. The summed E-state index contributed by atoms with van der Waals surface area (Å²) in [7, 11) is -9.02. The van der Waals surface area contributed by atoms with Crippen LogP contribution in [0, 0.1) is 0 Å². The molecular formula is C99H188O8P2. The Kier molecular flexibility index (Phi) is 61.4. The van der Waals surface area contributed by atoms with E-state index < -0.39 is 25.5 Å². The second-order valence-electron chi connectivity index (χ2n) is 38.3. The maximum Gasteiger partial charge on any atom is 0.335 e. The molecule has 10 heteroatoms. The molecule has 0 aliphatic rings. The zero-order valence-electron chi connectivity index (χ0n) is 75.3. The maximum absolute atomic E-state index is 13.9. The highest BCUT2D eigenvalue weighted by atomic mass is 31.2. The lowest BCUT2D eigenvalue weighted by molar-refractivity contribution is 0.296. The van der Waals surface area contributed by atoms with Gasteiger partial charge in [-0.1, -0.05) is 513 Å². The van der Waals surface area contributed by atoms with Crippen LogP contribution < -0.4 is 0 Å². The standard InChI is InChI=1S/C51H97O4P.C48H91O4P/c1-9-11-13-15-17-19-21-23-25-27-29-31-33-35-37-39-41-51(56(53,54)55,45-43-46(49(3,4)5)48(52)47(44-45)50(6,7)8)42-40-38-36-34-32-30-28-26-24-22-20-18-16-14-12-10-2;1-7-9-11-13-15-17-19-21-23-25-27-29-31-33-35-37-39-43-41-46(49)45(47(3,4)5)42-44(43)48(6,53(50,51)52)40-38-36-34-32-30-28-26-24-22-20-18-16-14-12-10-8-2/h43-44,52H,9-42H2,1-8H3,(H2,53,54,55);41-42,49H,7-40H2,1-6H3,(H2,50,51,52). The van der Waals surface area contributed by atoms with Crippen LogP contribution in [0.15, 0.2) is 24.3 Å². The molecule has 0 bridgehead atoms. The van der Waals surface area contributed by atoms with Crippen LogP contribution in [-0.2, 0) is 42.1 Å². The number of benzene rings is 2. The topological polar surface area (TPSA) is 156 Å². The second-order valence-corrected chi connectivity index (χ2v) is 42.3. The van der Waals surface area contributed by atoms with Crippen molar-refractivity contribution in [1.29, 1.82) is 0 Å². The summed E-state index contributed by atoms with van der Waals surface area (Å²) in [5.41, 5.74) is 3.73. The highest BCUT2D eigenvalue weighted by Crippen LogP contribution is 2.64. The van der Waals surface area contributed by atoms with Crippen molar-refractivity contribution in [3.8, 4) is 11.5 Å². The molecular weight excluding hydrogens is 1380 g/mol. The Balaban J connectivity index is 0.00000109. The first kappa shape index (κ1) is 105. The van der Waals surface area contributed by atoms with E-state index >= 15 is 0 Å². The quantitative estimate of drug-likeness (QED) is 0.0283. The Hall–Kier alpha value is -1.66. The molecule has 6 N–H and O–H groups in total. The molecule has 642 valence electrons. The van der Waals surface area contributed by atoms with Crippen molar-refractivity contribution in [1.82, 2.24) is 0 Å². The minimum atomic E-state index is -4.55. The van der Waals surface area contributed by atoms with Crippen LogP contribution in [0.5, 0.6) is 11.5 Å². The summed E-state index contributed by atoms with van der Waals surface area (Å²) in [6, 6.07) is 7.70. The fourth-order valence-corrected chi connectivity index (χ4v) is 19.4. The van der Waals surface area contributed by atoms with Gasteiger partial charge in [-0.3, -0.25) is 9.13 Å². The Morgan fingerprint density at radius 1 is 0.248 bits per heavy atom. The third-order valence-corrected chi connectivity index (χ3v) is 28.3. The monoisotopic (exact) mass is 1570 g/mol. The number of hydrogen-bond donors (Lipinski definition) is 6. The van der Waals surface area contributed by atoms with Gasteiger partial charge in [0.25, 0.3) is 0 Å². The van der Waals surface area contributed by atoms with Crippen LogP contribution in [0.2, 0.25) is 0 Å². The van der Waals surface area contributed by atoms with Crippen LogP contribution in [0.25, 0.3) is 0 Å². The summed E-state index contributed by atoms with van der Waals surface area (Å²) >= 11 is 0. The normalized spacial score (nSPS) is 13.2. The minimum Gasteiger partial charge on any atom is -0.508 e. The van der Waals surface area contributed by atoms with Gasteiger partial charge in [0.1, 0.15) is 11.5 Å². The summed E-state index contributed by atoms with van der Waals surface area (Å²) in [5.74, 6) is 0.529. The molecule has 8 nitrogen and oxygen atoms in total. The number of phenols is 2. The van der Waals surface area contributed by atoms with Crippen LogP contribution in [0.3, 0.4) is 0 Å². The van der Waals surface area contributed by atoms with E-state index in [1.54, 1.807) is 6.92 Å². The first-order valence-corrected chi connectivity index (χ1v) is 51.1. The number of aryl methyl sites for hydroxylation is 1. The van der Waals surface area contributed by atoms with Crippen molar-refractivity contribution in [3.63, 3.8) is 0 Å². The number of rotatable bonds is 72. The number of hydrogen-bond acceptors (Lipinski definition) is 4. The molecule has 0 fully saturated rings. The summed E-state index contributed by atoms with van der Waals surface area (Å²) < 4.78 is 27.2. The molecule has 2 aromatic rings. The predicted octanol–water partition coefficient (Wildman–Crippen LogP) is 34.2. The van der Waals surface area contributed by atoms with Gasteiger partial charge in [-0.05, 0) is 94.7 Å². The van der Waals surface area contributed by atoms with Crippen molar-refractivity contribution >= 4 is 15.2 Å². The largest absolute Gasteiger partial charge is 0.508 e. The van der Waals surface area contributed by atoms with E-state index in [2.05, 4.69) is 90.0 Å². The van der Waals surface area contributed by atoms with Gasteiger partial charge in [-0.15, -0.1) is 0 Å². The van der Waals surface area contributed by atoms with Gasteiger partial charge < -0.3 is 29.8 Å². The van der Waals surface area contributed by atoms with Gasteiger partial charge in [-0.2, -0.15) is 0 Å². The second kappa shape index (κ2) is 63.5. The molecule has 0 amide bonds. The molecule has 2 aromatic carbocycles. The fraction of sp³-hybridized carbons (Fsp3) is 0.879. The van der Waals surface area contributed by atoms with Gasteiger partial charge in [0.05, 0.1) is 10.3 Å². The molecule has 0 aliphatic carbocycles. The Morgan fingerprint density at radius 3 is 0.670 bits per heavy atom. The number of aromatic hydroxyl groups is 2. The minimum absolute atomic E-state index is 0.253. The van der Waals surface area contributed by atoms with E-state index in [4.69, 9.17) is 0 Å².